The minimum absolute atomic E-state index is 0.0383. The number of ether oxygens (including phenoxy) is 1. The van der Waals surface area contributed by atoms with Crippen LogP contribution < -0.4 is 15.6 Å². The van der Waals surface area contributed by atoms with Crippen LogP contribution in [0, 0.1) is 5.82 Å². The Bertz CT molecular complexity index is 927. The first-order valence-electron chi connectivity index (χ1n) is 10.1. The number of rotatable bonds is 7. The highest BCUT2D eigenvalue weighted by atomic mass is 19.1. The standard InChI is InChI=1S/C23H25FN2O4/c1-15(30-20-10-8-19(24)9-11-20)23(29)26-25-22(28)13-12-21(27)18-7-6-16-4-2-3-5-17(16)14-18/h6-11,14-15H,2-5,12-13H2,1H3,(H,25,28)(H,26,29)/t15-/m1/s1. The molecule has 0 aliphatic heterocycles. The predicted octanol–water partition coefficient (Wildman–Crippen LogP) is 3.28. The van der Waals surface area contributed by atoms with E-state index in [0.29, 0.717) is 11.3 Å². The number of fused-ring (bicyclic) bond motifs is 1. The van der Waals surface area contributed by atoms with Gasteiger partial charge in [0.15, 0.2) is 11.9 Å². The molecule has 2 N–H and O–H groups in total. The Morgan fingerprint density at radius 2 is 1.67 bits per heavy atom. The number of hydrogen-bond acceptors (Lipinski definition) is 4. The molecule has 158 valence electrons. The first-order chi connectivity index (χ1) is 14.4. The monoisotopic (exact) mass is 412 g/mol. The number of nitrogens with one attached hydrogen (secondary N) is 2. The summed E-state index contributed by atoms with van der Waals surface area (Å²) in [7, 11) is 0. The first kappa shape index (κ1) is 21.5. The molecule has 1 aliphatic rings. The van der Waals surface area contributed by atoms with Gasteiger partial charge in [-0.05, 0) is 74.1 Å². The average Bonchev–Trinajstić information content (AvgIpc) is 2.76. The number of benzene rings is 2. The molecule has 0 bridgehead atoms. The van der Waals surface area contributed by atoms with Gasteiger partial charge in [-0.3, -0.25) is 25.2 Å². The summed E-state index contributed by atoms with van der Waals surface area (Å²) in [6, 6.07) is 11.0. The molecule has 6 nitrogen and oxygen atoms in total. The zero-order valence-electron chi connectivity index (χ0n) is 16.9. The molecular weight excluding hydrogens is 387 g/mol. The maximum Gasteiger partial charge on any atom is 0.279 e. The van der Waals surface area contributed by atoms with Crippen LogP contribution in [0.1, 0.15) is 54.1 Å². The summed E-state index contributed by atoms with van der Waals surface area (Å²) < 4.78 is 18.3. The Morgan fingerprint density at radius 1 is 0.967 bits per heavy atom. The lowest BCUT2D eigenvalue weighted by molar-refractivity contribution is -0.132. The Balaban J connectivity index is 1.41. The molecule has 0 saturated carbocycles. The van der Waals surface area contributed by atoms with Crippen LogP contribution in [0.2, 0.25) is 0 Å². The second-order valence-electron chi connectivity index (χ2n) is 7.37. The number of carbonyl (C=O) groups is 3. The summed E-state index contributed by atoms with van der Waals surface area (Å²) in [5, 5.41) is 0. The normalized spacial score (nSPS) is 13.7. The molecular formula is C23H25FN2O4. The van der Waals surface area contributed by atoms with Crippen molar-refractivity contribution in [1.29, 1.82) is 0 Å². The van der Waals surface area contributed by atoms with Gasteiger partial charge in [-0.1, -0.05) is 12.1 Å². The molecule has 0 aromatic heterocycles. The number of aryl methyl sites for hydroxylation is 2. The molecule has 0 radical (unpaired) electrons. The molecule has 30 heavy (non-hydrogen) atoms. The fourth-order valence-electron chi connectivity index (χ4n) is 3.34. The smallest absolute Gasteiger partial charge is 0.279 e. The third-order valence-electron chi connectivity index (χ3n) is 5.07. The van der Waals surface area contributed by atoms with Gasteiger partial charge in [0.25, 0.3) is 5.91 Å². The second-order valence-corrected chi connectivity index (χ2v) is 7.37. The molecule has 7 heteroatoms. The molecule has 0 unspecified atom stereocenters. The molecule has 0 fully saturated rings. The Labute approximate surface area is 174 Å². The van der Waals surface area contributed by atoms with Crippen molar-refractivity contribution in [1.82, 2.24) is 10.9 Å². The Kier molecular flexibility index (Phi) is 7.17. The molecule has 1 aliphatic carbocycles. The molecule has 2 aromatic carbocycles. The van der Waals surface area contributed by atoms with Crippen molar-refractivity contribution in [2.24, 2.45) is 0 Å². The average molecular weight is 412 g/mol. The number of hydrazine groups is 1. The highest BCUT2D eigenvalue weighted by Crippen LogP contribution is 2.23. The minimum Gasteiger partial charge on any atom is -0.481 e. The lowest BCUT2D eigenvalue weighted by Gasteiger charge is -2.16. The van der Waals surface area contributed by atoms with Gasteiger partial charge in [-0.2, -0.15) is 0 Å². The number of Topliss-reactive ketones (excluding diaryl/α,β-unsaturated/α-hetero) is 1. The number of carbonyl (C=O) groups excluding carboxylic acids is 3. The van der Waals surface area contributed by atoms with Crippen LogP contribution in [-0.2, 0) is 22.4 Å². The summed E-state index contributed by atoms with van der Waals surface area (Å²) in [6.07, 6.45) is 3.48. The zero-order valence-corrected chi connectivity index (χ0v) is 16.9. The third-order valence-corrected chi connectivity index (χ3v) is 5.07. The van der Waals surface area contributed by atoms with Gasteiger partial charge in [0.2, 0.25) is 5.91 Å². The molecule has 0 spiro atoms. The molecule has 3 rings (SSSR count). The molecule has 0 saturated heterocycles. The van der Waals surface area contributed by atoms with E-state index >= 15 is 0 Å². The third kappa shape index (κ3) is 5.89. The van der Waals surface area contributed by atoms with Crippen LogP contribution in [0.5, 0.6) is 5.75 Å². The Morgan fingerprint density at radius 3 is 2.40 bits per heavy atom. The van der Waals surface area contributed by atoms with E-state index in [1.807, 2.05) is 18.2 Å². The van der Waals surface area contributed by atoms with Gasteiger partial charge in [-0.25, -0.2) is 4.39 Å². The van der Waals surface area contributed by atoms with E-state index in [1.54, 1.807) is 0 Å². The van der Waals surface area contributed by atoms with Crippen LogP contribution in [-0.4, -0.2) is 23.7 Å². The van der Waals surface area contributed by atoms with E-state index in [-0.39, 0.29) is 18.6 Å². The number of halogens is 1. The molecule has 2 aromatic rings. The van der Waals surface area contributed by atoms with Crippen molar-refractivity contribution in [2.75, 3.05) is 0 Å². The lowest BCUT2D eigenvalue weighted by Crippen LogP contribution is -2.47. The van der Waals surface area contributed by atoms with E-state index in [0.717, 1.165) is 19.3 Å². The number of hydrogen-bond donors (Lipinski definition) is 2. The van der Waals surface area contributed by atoms with E-state index < -0.39 is 23.7 Å². The number of amides is 2. The quantitative estimate of drug-likeness (QED) is 0.540. The van der Waals surface area contributed by atoms with E-state index in [9.17, 15) is 18.8 Å². The van der Waals surface area contributed by atoms with Crippen molar-refractivity contribution in [3.05, 3.63) is 65.0 Å². The van der Waals surface area contributed by atoms with Gasteiger partial charge in [0.05, 0.1) is 0 Å². The van der Waals surface area contributed by atoms with Crippen molar-refractivity contribution in [3.8, 4) is 5.75 Å². The fourth-order valence-corrected chi connectivity index (χ4v) is 3.34. The second kappa shape index (κ2) is 10.0. The SMILES string of the molecule is C[C@@H](Oc1ccc(F)cc1)C(=O)NNC(=O)CCC(=O)c1ccc2c(c1)CCCC2. The van der Waals surface area contributed by atoms with Crippen LogP contribution >= 0.6 is 0 Å². The van der Waals surface area contributed by atoms with Crippen LogP contribution in [0.3, 0.4) is 0 Å². The maximum atomic E-state index is 12.9. The van der Waals surface area contributed by atoms with Gasteiger partial charge >= 0.3 is 0 Å². The summed E-state index contributed by atoms with van der Waals surface area (Å²) in [4.78, 5) is 36.4. The summed E-state index contributed by atoms with van der Waals surface area (Å²) in [5.74, 6) is -1.20. The Hall–Kier alpha value is -3.22. The topological polar surface area (TPSA) is 84.5 Å². The first-order valence-corrected chi connectivity index (χ1v) is 10.1. The summed E-state index contributed by atoms with van der Waals surface area (Å²) in [6.45, 7) is 1.50. The van der Waals surface area contributed by atoms with Crippen molar-refractivity contribution in [2.45, 2.75) is 51.6 Å². The van der Waals surface area contributed by atoms with Crippen LogP contribution in [0.15, 0.2) is 42.5 Å². The van der Waals surface area contributed by atoms with Crippen LogP contribution in [0.4, 0.5) is 4.39 Å². The molecule has 2 amide bonds. The van der Waals surface area contributed by atoms with Gasteiger partial charge < -0.3 is 4.74 Å². The van der Waals surface area contributed by atoms with Crippen LogP contribution in [0.25, 0.3) is 0 Å². The van der Waals surface area contributed by atoms with Crippen molar-refractivity contribution < 1.29 is 23.5 Å². The fraction of sp³-hybridized carbons (Fsp3) is 0.348. The predicted molar refractivity (Wildman–Crippen MR) is 109 cm³/mol. The van der Waals surface area contributed by atoms with Gasteiger partial charge in [0.1, 0.15) is 11.6 Å². The largest absolute Gasteiger partial charge is 0.481 e. The highest BCUT2D eigenvalue weighted by Gasteiger charge is 2.17. The molecule has 1 atom stereocenters. The van der Waals surface area contributed by atoms with Gasteiger partial charge in [0, 0.05) is 18.4 Å². The van der Waals surface area contributed by atoms with E-state index in [1.165, 1.54) is 48.7 Å². The zero-order chi connectivity index (χ0) is 21.5. The lowest BCUT2D eigenvalue weighted by atomic mass is 9.89. The van der Waals surface area contributed by atoms with Crippen molar-refractivity contribution >= 4 is 17.6 Å². The van der Waals surface area contributed by atoms with E-state index in [4.69, 9.17) is 4.74 Å². The van der Waals surface area contributed by atoms with E-state index in [2.05, 4.69) is 10.9 Å². The summed E-state index contributed by atoms with van der Waals surface area (Å²) >= 11 is 0. The highest BCUT2D eigenvalue weighted by molar-refractivity contribution is 5.98. The molecule has 0 heterocycles. The van der Waals surface area contributed by atoms with Gasteiger partial charge in [-0.15, -0.1) is 0 Å². The van der Waals surface area contributed by atoms with Crippen molar-refractivity contribution in [3.63, 3.8) is 0 Å². The number of ketones is 1. The summed E-state index contributed by atoms with van der Waals surface area (Å²) in [5.41, 5.74) is 7.70. The minimum atomic E-state index is -0.895. The maximum absolute atomic E-state index is 12.9.